The van der Waals surface area contributed by atoms with Gasteiger partial charge in [0.15, 0.2) is 0 Å². The first-order valence-corrected chi connectivity index (χ1v) is 9.99. The van der Waals surface area contributed by atoms with Crippen molar-refractivity contribution in [2.45, 2.75) is 58.4 Å². The SMILES string of the molecule is CC(C)[C@@H](NC(=O)C12CC3CC(CC(C3)C1)C2)C(=O)NCC(=O)N(C)C. The number of nitrogens with one attached hydrogen (secondary N) is 2. The van der Waals surface area contributed by atoms with Crippen LogP contribution in [0.5, 0.6) is 0 Å². The minimum Gasteiger partial charge on any atom is -0.347 e. The molecule has 4 aliphatic carbocycles. The molecule has 4 rings (SSSR count). The lowest BCUT2D eigenvalue weighted by Crippen LogP contribution is -2.58. The molecule has 6 nitrogen and oxygen atoms in total. The van der Waals surface area contributed by atoms with Crippen molar-refractivity contribution in [3.8, 4) is 0 Å². The van der Waals surface area contributed by atoms with E-state index in [-0.39, 0.29) is 35.6 Å². The van der Waals surface area contributed by atoms with Gasteiger partial charge in [0, 0.05) is 19.5 Å². The second kappa shape index (κ2) is 7.20. The van der Waals surface area contributed by atoms with Crippen LogP contribution >= 0.6 is 0 Å². The van der Waals surface area contributed by atoms with Crippen LogP contribution in [0.4, 0.5) is 0 Å². The molecular weight excluding hydrogens is 330 g/mol. The topological polar surface area (TPSA) is 78.5 Å². The van der Waals surface area contributed by atoms with E-state index in [0.717, 1.165) is 19.3 Å². The van der Waals surface area contributed by atoms with E-state index in [0.29, 0.717) is 17.8 Å². The summed E-state index contributed by atoms with van der Waals surface area (Å²) in [6, 6.07) is -0.592. The summed E-state index contributed by atoms with van der Waals surface area (Å²) in [6.07, 6.45) is 6.80. The van der Waals surface area contributed by atoms with Gasteiger partial charge in [0.05, 0.1) is 6.54 Å². The van der Waals surface area contributed by atoms with Gasteiger partial charge >= 0.3 is 0 Å². The minimum atomic E-state index is -0.592. The molecule has 0 aliphatic heterocycles. The number of carbonyl (C=O) groups excluding carboxylic acids is 3. The fourth-order valence-electron chi connectivity index (χ4n) is 5.65. The highest BCUT2D eigenvalue weighted by atomic mass is 16.2. The third-order valence-corrected chi connectivity index (χ3v) is 6.67. The Morgan fingerprint density at radius 1 is 1.00 bits per heavy atom. The van der Waals surface area contributed by atoms with Gasteiger partial charge in [0.2, 0.25) is 17.7 Å². The summed E-state index contributed by atoms with van der Waals surface area (Å²) in [7, 11) is 3.31. The zero-order valence-corrected chi connectivity index (χ0v) is 16.5. The number of carbonyl (C=O) groups is 3. The lowest BCUT2D eigenvalue weighted by molar-refractivity contribution is -0.149. The summed E-state index contributed by atoms with van der Waals surface area (Å²) in [4.78, 5) is 38.9. The molecule has 0 aromatic rings. The fraction of sp³-hybridized carbons (Fsp3) is 0.850. The predicted molar refractivity (Wildman–Crippen MR) is 99.1 cm³/mol. The number of likely N-dealkylation sites (N-methyl/N-ethyl adjacent to an activating group) is 1. The number of rotatable bonds is 6. The van der Waals surface area contributed by atoms with Gasteiger partial charge in [-0.3, -0.25) is 14.4 Å². The Hall–Kier alpha value is -1.59. The van der Waals surface area contributed by atoms with Crippen LogP contribution < -0.4 is 10.6 Å². The highest BCUT2D eigenvalue weighted by Crippen LogP contribution is 2.60. The average Bonchev–Trinajstić information content (AvgIpc) is 2.55. The summed E-state index contributed by atoms with van der Waals surface area (Å²) in [5, 5.41) is 5.73. The standard InChI is InChI=1S/C20H33N3O3/c1-12(2)17(18(25)21-11-16(24)23(3)4)22-19(26)20-8-13-5-14(9-20)7-15(6-13)10-20/h12-15,17H,5-11H2,1-4H3,(H,21,25)(H,22,26)/t13?,14?,15?,17-,20?/m1/s1. The fourth-order valence-corrected chi connectivity index (χ4v) is 5.65. The highest BCUT2D eigenvalue weighted by molar-refractivity contribution is 5.92. The molecule has 0 radical (unpaired) electrons. The van der Waals surface area contributed by atoms with Crippen LogP contribution in [-0.2, 0) is 14.4 Å². The molecular formula is C20H33N3O3. The van der Waals surface area contributed by atoms with Crippen LogP contribution in [0.3, 0.4) is 0 Å². The summed E-state index contributed by atoms with van der Waals surface area (Å²) in [5.41, 5.74) is -0.262. The molecule has 0 aromatic carbocycles. The van der Waals surface area contributed by atoms with Crippen LogP contribution in [0.2, 0.25) is 0 Å². The Kier molecular flexibility index (Phi) is 5.31. The predicted octanol–water partition coefficient (Wildman–Crippen LogP) is 1.55. The number of hydrogen-bond donors (Lipinski definition) is 2. The molecule has 2 N–H and O–H groups in total. The number of amides is 3. The Labute approximate surface area is 156 Å². The van der Waals surface area contributed by atoms with Crippen molar-refractivity contribution >= 4 is 17.7 Å². The first-order chi connectivity index (χ1) is 12.2. The summed E-state index contributed by atoms with van der Waals surface area (Å²) < 4.78 is 0. The van der Waals surface area contributed by atoms with Crippen LogP contribution in [0.15, 0.2) is 0 Å². The summed E-state index contributed by atoms with van der Waals surface area (Å²) >= 11 is 0. The van der Waals surface area contributed by atoms with Crippen molar-refractivity contribution in [3.05, 3.63) is 0 Å². The Balaban J connectivity index is 1.63. The molecule has 4 bridgehead atoms. The van der Waals surface area contributed by atoms with Crippen molar-refractivity contribution < 1.29 is 14.4 Å². The minimum absolute atomic E-state index is 0.0256. The van der Waals surface area contributed by atoms with Gasteiger partial charge in [-0.05, 0) is 62.2 Å². The van der Waals surface area contributed by atoms with Gasteiger partial charge in [-0.15, -0.1) is 0 Å². The van der Waals surface area contributed by atoms with Gasteiger partial charge in [-0.2, -0.15) is 0 Å². The van der Waals surface area contributed by atoms with E-state index in [1.54, 1.807) is 14.1 Å². The second-order valence-electron chi connectivity index (χ2n) is 9.40. The third-order valence-electron chi connectivity index (χ3n) is 6.67. The monoisotopic (exact) mass is 363 g/mol. The third kappa shape index (κ3) is 3.74. The number of nitrogens with zero attached hydrogens (tertiary/aromatic N) is 1. The van der Waals surface area contributed by atoms with Crippen molar-refractivity contribution in [3.63, 3.8) is 0 Å². The van der Waals surface area contributed by atoms with Crippen molar-refractivity contribution in [2.24, 2.45) is 29.1 Å². The highest BCUT2D eigenvalue weighted by Gasteiger charge is 2.55. The van der Waals surface area contributed by atoms with Crippen LogP contribution in [0.1, 0.15) is 52.4 Å². The quantitative estimate of drug-likeness (QED) is 0.751. The first kappa shape index (κ1) is 19.2. The molecule has 0 aromatic heterocycles. The van der Waals surface area contributed by atoms with Gasteiger partial charge < -0.3 is 15.5 Å². The van der Waals surface area contributed by atoms with Crippen molar-refractivity contribution in [1.82, 2.24) is 15.5 Å². The summed E-state index contributed by atoms with van der Waals surface area (Å²) in [6.45, 7) is 3.82. The van der Waals surface area contributed by atoms with Crippen molar-refractivity contribution in [1.29, 1.82) is 0 Å². The van der Waals surface area contributed by atoms with E-state index < -0.39 is 6.04 Å². The molecule has 3 amide bonds. The lowest BCUT2D eigenvalue weighted by atomic mass is 9.49. The molecule has 6 heteroatoms. The maximum Gasteiger partial charge on any atom is 0.243 e. The molecule has 4 saturated carbocycles. The first-order valence-electron chi connectivity index (χ1n) is 9.99. The van der Waals surface area contributed by atoms with Gasteiger partial charge in [-0.25, -0.2) is 0 Å². The maximum absolute atomic E-state index is 13.2. The van der Waals surface area contributed by atoms with Gasteiger partial charge in [0.25, 0.3) is 0 Å². The van der Waals surface area contributed by atoms with Gasteiger partial charge in [0.1, 0.15) is 6.04 Å². The van der Waals surface area contributed by atoms with Crippen molar-refractivity contribution in [2.75, 3.05) is 20.6 Å². The van der Waals surface area contributed by atoms with E-state index in [4.69, 9.17) is 0 Å². The summed E-state index contributed by atoms with van der Waals surface area (Å²) in [5.74, 6) is 1.68. The van der Waals surface area contributed by atoms with E-state index >= 15 is 0 Å². The van der Waals surface area contributed by atoms with Crippen LogP contribution in [0.25, 0.3) is 0 Å². The van der Waals surface area contributed by atoms with Crippen LogP contribution in [-0.4, -0.2) is 49.3 Å². The molecule has 26 heavy (non-hydrogen) atoms. The molecule has 0 spiro atoms. The smallest absolute Gasteiger partial charge is 0.243 e. The zero-order valence-electron chi connectivity index (χ0n) is 16.5. The largest absolute Gasteiger partial charge is 0.347 e. The Morgan fingerprint density at radius 3 is 1.92 bits per heavy atom. The maximum atomic E-state index is 13.2. The van der Waals surface area contributed by atoms with E-state index in [9.17, 15) is 14.4 Å². The van der Waals surface area contributed by atoms with Crippen LogP contribution in [0, 0.1) is 29.1 Å². The Bertz CT molecular complexity index is 550. The zero-order chi connectivity index (χ0) is 19.1. The molecule has 0 heterocycles. The molecule has 4 fully saturated rings. The molecule has 0 unspecified atom stereocenters. The molecule has 1 atom stereocenters. The average molecular weight is 364 g/mol. The molecule has 0 saturated heterocycles. The van der Waals surface area contributed by atoms with E-state index in [1.807, 2.05) is 13.8 Å². The second-order valence-corrected chi connectivity index (χ2v) is 9.40. The molecule has 146 valence electrons. The normalized spacial score (nSPS) is 33.0. The number of hydrogen-bond acceptors (Lipinski definition) is 3. The van der Waals surface area contributed by atoms with E-state index in [2.05, 4.69) is 10.6 Å². The van der Waals surface area contributed by atoms with E-state index in [1.165, 1.54) is 24.2 Å². The van der Waals surface area contributed by atoms with Gasteiger partial charge in [-0.1, -0.05) is 13.8 Å². The molecule has 4 aliphatic rings. The Morgan fingerprint density at radius 2 is 1.50 bits per heavy atom. The lowest BCUT2D eigenvalue weighted by Gasteiger charge is -2.55.